The fourth-order valence-electron chi connectivity index (χ4n) is 13.2. The van der Waals surface area contributed by atoms with E-state index < -0.39 is 76.3 Å². The number of aliphatic hydroxyl groups excluding tert-OH is 6. The van der Waals surface area contributed by atoms with Crippen LogP contribution in [0.1, 0.15) is 360 Å². The predicted octanol–water partition coefficient (Wildman–Crippen LogP) is 17.5. The van der Waals surface area contributed by atoms with E-state index in [4.69, 9.17) is 39.1 Å². The van der Waals surface area contributed by atoms with Crippen molar-refractivity contribution in [3.8, 4) is 0 Å². The molecule has 0 aromatic heterocycles. The minimum Gasteiger partial charge on any atom is -0.395 e. The molecule has 2 aromatic rings. The maximum Gasteiger partial charge on any atom is 0.334 e. The molecule has 0 bridgehead atoms. The SMILES string of the molecule is CCCCCCCCCCCCCCCCCCC(O)(CCCCCCCCCCCCCCCCCC)C(CO)(CO)CO.Cc1cc(C(C)(C)C)c(C(O)(c2c(C(C)(C)C)cc(C)cc2C(C)(C)C)C(CO)(CO)CO)c(C(C)(C)C)c1.OP(O)OP(O)O.OP(O)OP(O)O. The number of benzene rings is 2. The molecule has 0 radical (unpaired) electrons. The Bertz CT molecular complexity index is 2060. The molecule has 22 heteroatoms. The number of aryl methyl sites for hydroxylation is 2. The second-order valence-corrected chi connectivity index (χ2v) is 35.3. The van der Waals surface area contributed by atoms with E-state index in [1.54, 1.807) is 0 Å². The first-order chi connectivity index (χ1) is 45.7. The molecule has 0 fully saturated rings. The number of rotatable bonds is 48. The van der Waals surface area contributed by atoms with Crippen molar-refractivity contribution in [1.29, 1.82) is 0 Å². The van der Waals surface area contributed by atoms with Crippen molar-refractivity contribution in [2.75, 3.05) is 39.6 Å². The Labute approximate surface area is 601 Å². The van der Waals surface area contributed by atoms with E-state index in [9.17, 15) is 40.9 Å². The molecule has 0 atom stereocenters. The van der Waals surface area contributed by atoms with Crippen molar-refractivity contribution >= 4 is 34.4 Å². The van der Waals surface area contributed by atoms with Gasteiger partial charge in [-0.05, 0) is 81.7 Å². The number of hydrogen-bond donors (Lipinski definition) is 16. The highest BCUT2D eigenvalue weighted by atomic mass is 31.2. The molecule has 2 rings (SSSR count). The van der Waals surface area contributed by atoms with Crippen LogP contribution in [0.5, 0.6) is 0 Å². The molecular weight excluding hydrogens is 1320 g/mol. The van der Waals surface area contributed by atoms with Crippen LogP contribution >= 0.6 is 34.4 Å². The van der Waals surface area contributed by atoms with Gasteiger partial charge in [0, 0.05) is 0 Å². The van der Waals surface area contributed by atoms with Crippen LogP contribution in [0.25, 0.3) is 0 Å². The van der Waals surface area contributed by atoms with Gasteiger partial charge in [0.2, 0.25) is 0 Å². The quantitative estimate of drug-likeness (QED) is 0.0216. The van der Waals surface area contributed by atoms with Crippen LogP contribution in [0.3, 0.4) is 0 Å². The fraction of sp³-hybridized carbons (Fsp3) is 0.842. The van der Waals surface area contributed by atoms with Gasteiger partial charge in [-0.15, -0.1) is 0 Å². The molecule has 98 heavy (non-hydrogen) atoms. The van der Waals surface area contributed by atoms with Crippen molar-refractivity contribution in [2.45, 2.75) is 362 Å². The second-order valence-electron chi connectivity index (χ2n) is 32.0. The maximum atomic E-state index is 13.7. The zero-order valence-electron chi connectivity index (χ0n) is 64.4. The molecule has 18 nitrogen and oxygen atoms in total. The standard InChI is InChI=1S/C41H84O4.C35H56O4.2H4O5P2/c1-3-5-7-9-11-13-15-17-19-21-23-25-27-29-31-33-35-41(45,40(37-42,38-43)39-44)36-34-32-30-28-26-24-22-20-18-16-14-12-10-8-6-4-2;1-22-15-24(30(3,4)5)28(25(16-22)31(6,7)8)35(39,34(19-36,20-37)21-38)29-26(32(9,10)11)17-23(2)18-27(29)33(12,13)14;2*1-6(2)5-7(3)4/h42-45H,3-39H2,1-2H3;15-18,36-39H,19-21H2,1-14H3;2*1-4H. The third-order valence-corrected chi connectivity index (χ3v) is 21.6. The summed E-state index contributed by atoms with van der Waals surface area (Å²) in [7, 11) is -10.4. The molecule has 580 valence electrons. The summed E-state index contributed by atoms with van der Waals surface area (Å²) < 4.78 is 7.20. The lowest BCUT2D eigenvalue weighted by Crippen LogP contribution is -2.57. The summed E-state index contributed by atoms with van der Waals surface area (Å²) in [5, 5.41) is 88.8. The normalized spacial score (nSPS) is 12.9. The van der Waals surface area contributed by atoms with Crippen molar-refractivity contribution in [3.05, 3.63) is 68.8 Å². The molecule has 2 aromatic carbocycles. The monoisotopic (exact) mass is 1470 g/mol. The van der Waals surface area contributed by atoms with Gasteiger partial charge in [-0.2, -0.15) is 0 Å². The number of unbranched alkanes of at least 4 members (excludes halogenated alkanes) is 30. The third-order valence-electron chi connectivity index (χ3n) is 19.3. The first-order valence-electron chi connectivity index (χ1n) is 37.2. The van der Waals surface area contributed by atoms with Gasteiger partial charge < -0.3 is 80.0 Å². The highest BCUT2D eigenvalue weighted by molar-refractivity contribution is 7.53. The van der Waals surface area contributed by atoms with E-state index in [-0.39, 0.29) is 41.5 Å². The van der Waals surface area contributed by atoms with E-state index in [0.717, 1.165) is 59.1 Å². The molecule has 0 unspecified atom stereocenters. The van der Waals surface area contributed by atoms with E-state index in [2.05, 4.69) is 144 Å². The summed E-state index contributed by atoms with van der Waals surface area (Å²) in [6, 6.07) is 8.48. The Morgan fingerprint density at radius 1 is 0.286 bits per heavy atom. The molecule has 0 saturated heterocycles. The van der Waals surface area contributed by atoms with Crippen molar-refractivity contribution < 1.29 is 88.6 Å². The van der Waals surface area contributed by atoms with Crippen LogP contribution in [-0.4, -0.2) is 125 Å². The highest BCUT2D eigenvalue weighted by Gasteiger charge is 2.58. The third kappa shape index (κ3) is 38.1. The van der Waals surface area contributed by atoms with E-state index in [1.165, 1.54) is 180 Å². The highest BCUT2D eigenvalue weighted by Crippen LogP contribution is 2.56. The van der Waals surface area contributed by atoms with Crippen LogP contribution in [0.2, 0.25) is 0 Å². The molecule has 0 aliphatic rings. The van der Waals surface area contributed by atoms with Gasteiger partial charge in [0.25, 0.3) is 0 Å². The van der Waals surface area contributed by atoms with Crippen LogP contribution < -0.4 is 0 Å². The topological polar surface area (TPSA) is 342 Å². The summed E-state index contributed by atoms with van der Waals surface area (Å²) in [6.07, 6.45) is 43.0. The Balaban J connectivity index is 0. The summed E-state index contributed by atoms with van der Waals surface area (Å²) in [6.45, 7) is 31.3. The summed E-state index contributed by atoms with van der Waals surface area (Å²) in [5.41, 5.74) is -0.290. The van der Waals surface area contributed by atoms with Gasteiger partial charge in [0.15, 0.2) is 0 Å². The first-order valence-corrected chi connectivity index (χ1v) is 41.9. The predicted molar refractivity (Wildman–Crippen MR) is 408 cm³/mol. The van der Waals surface area contributed by atoms with Crippen molar-refractivity contribution in [2.24, 2.45) is 10.8 Å². The molecular formula is C76H148O18P4. The minimum atomic E-state index is -2.61. The minimum absolute atomic E-state index is 0.379. The van der Waals surface area contributed by atoms with Gasteiger partial charge >= 0.3 is 34.4 Å². The Morgan fingerprint density at radius 3 is 0.602 bits per heavy atom. The number of aliphatic hydroxyl groups is 8. The summed E-state index contributed by atoms with van der Waals surface area (Å²) in [5.74, 6) is 0. The lowest BCUT2D eigenvalue weighted by Gasteiger charge is -2.52. The van der Waals surface area contributed by atoms with Crippen LogP contribution in [-0.2, 0) is 35.9 Å². The molecule has 0 aliphatic carbocycles. The molecule has 0 spiro atoms. The van der Waals surface area contributed by atoms with Gasteiger partial charge in [0.1, 0.15) is 5.60 Å². The summed E-state index contributed by atoms with van der Waals surface area (Å²) >= 11 is 0. The fourth-order valence-corrected chi connectivity index (χ4v) is 14.2. The smallest absolute Gasteiger partial charge is 0.334 e. The molecule has 0 heterocycles. The average molecular weight is 1470 g/mol. The Kier molecular flexibility index (Phi) is 53.2. The Hall–Kier alpha value is -0.560. The van der Waals surface area contributed by atoms with E-state index in [1.807, 2.05) is 0 Å². The van der Waals surface area contributed by atoms with Crippen molar-refractivity contribution in [3.63, 3.8) is 0 Å². The van der Waals surface area contributed by atoms with Crippen molar-refractivity contribution in [1.82, 2.24) is 0 Å². The van der Waals surface area contributed by atoms with Crippen LogP contribution in [0.4, 0.5) is 0 Å². The molecule has 16 N–H and O–H groups in total. The van der Waals surface area contributed by atoms with E-state index in [0.29, 0.717) is 24.0 Å². The summed E-state index contributed by atoms with van der Waals surface area (Å²) in [4.78, 5) is 62.5. The Morgan fingerprint density at radius 2 is 0.459 bits per heavy atom. The number of hydrogen-bond acceptors (Lipinski definition) is 18. The second kappa shape index (κ2) is 52.4. The molecule has 0 saturated carbocycles. The lowest BCUT2D eigenvalue weighted by atomic mass is 9.56. The van der Waals surface area contributed by atoms with Gasteiger partial charge in [-0.25, -0.2) is 8.62 Å². The zero-order chi connectivity index (χ0) is 75.5. The lowest BCUT2D eigenvalue weighted by molar-refractivity contribution is -0.162. The van der Waals surface area contributed by atoms with E-state index >= 15 is 0 Å². The maximum absolute atomic E-state index is 13.7. The first kappa shape index (κ1) is 99.5. The van der Waals surface area contributed by atoms with Crippen LogP contribution in [0.15, 0.2) is 24.3 Å². The van der Waals surface area contributed by atoms with Gasteiger partial charge in [-0.3, -0.25) is 0 Å². The average Bonchev–Trinajstić information content (AvgIpc) is 0.697. The van der Waals surface area contributed by atoms with Gasteiger partial charge in [0.05, 0.1) is 56.1 Å². The van der Waals surface area contributed by atoms with Crippen LogP contribution in [0, 0.1) is 24.7 Å². The molecule has 0 amide bonds. The zero-order valence-corrected chi connectivity index (χ0v) is 67.9. The van der Waals surface area contributed by atoms with Gasteiger partial charge in [-0.1, -0.05) is 338 Å². The molecule has 0 aliphatic heterocycles. The largest absolute Gasteiger partial charge is 0.395 e.